The molecule has 0 saturated heterocycles. The lowest BCUT2D eigenvalue weighted by Crippen LogP contribution is -2.10. The van der Waals surface area contributed by atoms with Crippen LogP contribution in [0.15, 0.2) is 39.5 Å². The number of carboxylic acid groups (broad SMARTS) is 1. The lowest BCUT2D eigenvalue weighted by atomic mass is 10.0. The number of hydrogen-bond donors (Lipinski definition) is 2. The predicted octanol–water partition coefficient (Wildman–Crippen LogP) is 5.15. The minimum absolute atomic E-state index is 0.0318. The van der Waals surface area contributed by atoms with Crippen LogP contribution in [0.5, 0.6) is 17.2 Å². The van der Waals surface area contributed by atoms with Gasteiger partial charge in [-0.25, -0.2) is 4.79 Å². The van der Waals surface area contributed by atoms with Crippen molar-refractivity contribution in [3.05, 3.63) is 63.0 Å². The summed E-state index contributed by atoms with van der Waals surface area (Å²) < 4.78 is 17.4. The molecule has 3 rings (SSSR count). The number of aryl methyl sites for hydroxylation is 1. The number of hydrogen-bond acceptors (Lipinski definition) is 7. The maximum absolute atomic E-state index is 12.3. The number of ketones is 1. The standard InChI is InChI=1S/C27H30O8/c1-4-7-19-22(11-9-17(16(3)28)25(19)30)33-13-6-14-34-23-12-10-18-21(29)15-24(27(31)32)35-26(18)20(23)8-5-2/h9-12,15,30H,4-8,13-14H2,1-3H3,(H,31,32). The van der Waals surface area contributed by atoms with Crippen molar-refractivity contribution in [1.29, 1.82) is 0 Å². The second-order valence-corrected chi connectivity index (χ2v) is 8.24. The fourth-order valence-electron chi connectivity index (χ4n) is 3.94. The molecule has 0 spiro atoms. The number of rotatable bonds is 12. The Balaban J connectivity index is 1.72. The van der Waals surface area contributed by atoms with Crippen molar-refractivity contribution in [1.82, 2.24) is 0 Å². The molecule has 2 N–H and O–H groups in total. The molecule has 2 aromatic carbocycles. The molecule has 186 valence electrons. The van der Waals surface area contributed by atoms with Gasteiger partial charge in [0.05, 0.1) is 24.2 Å². The van der Waals surface area contributed by atoms with Crippen LogP contribution in [0, 0.1) is 0 Å². The van der Waals surface area contributed by atoms with E-state index in [4.69, 9.17) is 13.9 Å². The molecule has 0 aliphatic rings. The number of fused-ring (bicyclic) bond motifs is 1. The Hall–Kier alpha value is -3.81. The Kier molecular flexibility index (Phi) is 8.52. The third kappa shape index (κ3) is 5.82. The van der Waals surface area contributed by atoms with Crippen LogP contribution < -0.4 is 14.9 Å². The van der Waals surface area contributed by atoms with Crippen molar-refractivity contribution in [3.63, 3.8) is 0 Å². The Morgan fingerprint density at radius 1 is 0.943 bits per heavy atom. The number of aromatic hydroxyl groups is 1. The number of aromatic carboxylic acids is 1. The van der Waals surface area contributed by atoms with E-state index in [2.05, 4.69) is 0 Å². The molecule has 35 heavy (non-hydrogen) atoms. The molecule has 1 aromatic heterocycles. The fourth-order valence-corrected chi connectivity index (χ4v) is 3.94. The number of phenols is 1. The lowest BCUT2D eigenvalue weighted by Gasteiger charge is -2.16. The zero-order valence-corrected chi connectivity index (χ0v) is 20.2. The first-order chi connectivity index (χ1) is 16.8. The highest BCUT2D eigenvalue weighted by Crippen LogP contribution is 2.33. The van der Waals surface area contributed by atoms with Crippen LogP contribution in [0.4, 0.5) is 0 Å². The third-order valence-corrected chi connectivity index (χ3v) is 5.59. The van der Waals surface area contributed by atoms with Crippen LogP contribution in [0.3, 0.4) is 0 Å². The number of carbonyl (C=O) groups excluding carboxylic acids is 1. The van der Waals surface area contributed by atoms with Crippen LogP contribution in [0.2, 0.25) is 0 Å². The lowest BCUT2D eigenvalue weighted by molar-refractivity contribution is 0.0662. The van der Waals surface area contributed by atoms with E-state index in [-0.39, 0.29) is 22.7 Å². The van der Waals surface area contributed by atoms with E-state index in [0.717, 1.165) is 18.9 Å². The minimum Gasteiger partial charge on any atom is -0.507 e. The van der Waals surface area contributed by atoms with Crippen molar-refractivity contribution in [2.45, 2.75) is 52.9 Å². The number of ether oxygens (including phenoxy) is 2. The van der Waals surface area contributed by atoms with Crippen LogP contribution in [0.25, 0.3) is 11.0 Å². The average molecular weight is 483 g/mol. The number of carboxylic acids is 1. The van der Waals surface area contributed by atoms with Crippen molar-refractivity contribution < 1.29 is 33.7 Å². The van der Waals surface area contributed by atoms with Gasteiger partial charge in [-0.3, -0.25) is 9.59 Å². The van der Waals surface area contributed by atoms with E-state index >= 15 is 0 Å². The highest BCUT2D eigenvalue weighted by molar-refractivity contribution is 5.97. The molecule has 0 bridgehead atoms. The first-order valence-electron chi connectivity index (χ1n) is 11.7. The maximum Gasteiger partial charge on any atom is 0.371 e. The maximum atomic E-state index is 12.3. The molecule has 0 aliphatic carbocycles. The monoisotopic (exact) mass is 482 g/mol. The topological polar surface area (TPSA) is 123 Å². The van der Waals surface area contributed by atoms with Gasteiger partial charge in [0.1, 0.15) is 22.8 Å². The van der Waals surface area contributed by atoms with E-state index in [9.17, 15) is 24.6 Å². The van der Waals surface area contributed by atoms with Gasteiger partial charge in [-0.1, -0.05) is 26.7 Å². The Morgan fingerprint density at radius 3 is 2.14 bits per heavy atom. The molecule has 8 heteroatoms. The van der Waals surface area contributed by atoms with Gasteiger partial charge < -0.3 is 24.1 Å². The molecule has 8 nitrogen and oxygen atoms in total. The second-order valence-electron chi connectivity index (χ2n) is 8.24. The van der Waals surface area contributed by atoms with Crippen molar-refractivity contribution in [3.8, 4) is 17.2 Å². The van der Waals surface area contributed by atoms with Crippen LogP contribution in [-0.4, -0.2) is 35.2 Å². The Labute approximate surface area is 203 Å². The normalized spacial score (nSPS) is 10.9. The largest absolute Gasteiger partial charge is 0.507 e. The summed E-state index contributed by atoms with van der Waals surface area (Å²) in [6, 6.07) is 7.52. The van der Waals surface area contributed by atoms with Gasteiger partial charge in [-0.05, 0) is 44.0 Å². The van der Waals surface area contributed by atoms with E-state index in [1.807, 2.05) is 13.8 Å². The highest BCUT2D eigenvalue weighted by atomic mass is 16.5. The summed E-state index contributed by atoms with van der Waals surface area (Å²) in [4.78, 5) is 35.4. The number of carbonyl (C=O) groups is 2. The summed E-state index contributed by atoms with van der Waals surface area (Å²) in [5, 5.41) is 20.0. The van der Waals surface area contributed by atoms with Crippen LogP contribution >= 0.6 is 0 Å². The minimum atomic E-state index is -1.31. The molecule has 0 aliphatic heterocycles. The molecular formula is C27H30O8. The molecule has 0 amide bonds. The molecule has 1 heterocycles. The average Bonchev–Trinajstić information content (AvgIpc) is 2.81. The van der Waals surface area contributed by atoms with Crippen molar-refractivity contribution >= 4 is 22.7 Å². The van der Waals surface area contributed by atoms with Gasteiger partial charge in [-0.15, -0.1) is 0 Å². The summed E-state index contributed by atoms with van der Waals surface area (Å²) in [7, 11) is 0. The summed E-state index contributed by atoms with van der Waals surface area (Å²) in [5.74, 6) is -0.887. The van der Waals surface area contributed by atoms with Gasteiger partial charge in [0.25, 0.3) is 0 Å². The molecule has 0 unspecified atom stereocenters. The zero-order chi connectivity index (χ0) is 25.5. The van der Waals surface area contributed by atoms with Crippen molar-refractivity contribution in [2.75, 3.05) is 13.2 Å². The molecule has 0 radical (unpaired) electrons. The number of phenolic OH excluding ortho intramolecular Hbond substituents is 1. The molecule has 3 aromatic rings. The Morgan fingerprint density at radius 2 is 1.54 bits per heavy atom. The van der Waals surface area contributed by atoms with Gasteiger partial charge in [0.2, 0.25) is 5.76 Å². The molecule has 0 saturated carbocycles. The van der Waals surface area contributed by atoms with Crippen molar-refractivity contribution in [2.24, 2.45) is 0 Å². The number of benzene rings is 2. The van der Waals surface area contributed by atoms with Gasteiger partial charge in [0.15, 0.2) is 11.2 Å². The number of Topliss-reactive ketones (excluding diaryl/α,β-unsaturated/α-hetero) is 1. The molecule has 0 atom stereocenters. The molecular weight excluding hydrogens is 452 g/mol. The molecule has 0 fully saturated rings. The van der Waals surface area contributed by atoms with Crippen LogP contribution in [0.1, 0.15) is 72.1 Å². The van der Waals surface area contributed by atoms with Gasteiger partial charge in [0, 0.05) is 23.6 Å². The van der Waals surface area contributed by atoms with E-state index in [1.54, 1.807) is 24.3 Å². The second kappa shape index (κ2) is 11.6. The third-order valence-electron chi connectivity index (χ3n) is 5.59. The van der Waals surface area contributed by atoms with Crippen LogP contribution in [-0.2, 0) is 12.8 Å². The first kappa shape index (κ1) is 25.8. The quantitative estimate of drug-likeness (QED) is 0.268. The Bertz CT molecular complexity index is 1290. The van der Waals surface area contributed by atoms with E-state index in [1.165, 1.54) is 6.92 Å². The SMILES string of the molecule is CCCc1c(OCCCOc2ccc3c(=O)cc(C(=O)O)oc3c2CCC)ccc(C(C)=O)c1O. The summed E-state index contributed by atoms with van der Waals surface area (Å²) in [5.41, 5.74) is 1.37. The highest BCUT2D eigenvalue weighted by Gasteiger charge is 2.18. The summed E-state index contributed by atoms with van der Waals surface area (Å²) in [6.45, 7) is 6.00. The first-order valence-corrected chi connectivity index (χ1v) is 11.7. The van der Waals surface area contributed by atoms with Gasteiger partial charge >= 0.3 is 5.97 Å². The smallest absolute Gasteiger partial charge is 0.371 e. The zero-order valence-electron chi connectivity index (χ0n) is 20.2. The summed E-state index contributed by atoms with van der Waals surface area (Å²) in [6.07, 6.45) is 3.20. The van der Waals surface area contributed by atoms with E-state index in [0.29, 0.717) is 60.5 Å². The fraction of sp³-hybridized carbons (Fsp3) is 0.370. The van der Waals surface area contributed by atoms with Gasteiger partial charge in [-0.2, -0.15) is 0 Å². The predicted molar refractivity (Wildman–Crippen MR) is 131 cm³/mol. The summed E-state index contributed by atoms with van der Waals surface area (Å²) >= 11 is 0. The van der Waals surface area contributed by atoms with E-state index < -0.39 is 17.2 Å².